The van der Waals surface area contributed by atoms with E-state index in [9.17, 15) is 0 Å². The van der Waals surface area contributed by atoms with Crippen LogP contribution in [0.2, 0.25) is 0 Å². The van der Waals surface area contributed by atoms with Gasteiger partial charge in [-0.05, 0) is 48.2 Å². The van der Waals surface area contributed by atoms with Crippen molar-refractivity contribution in [3.8, 4) is 11.5 Å². The quantitative estimate of drug-likeness (QED) is 0.612. The molecule has 0 saturated carbocycles. The molecule has 2 rings (SSSR count). The molecule has 0 aliphatic rings. The second-order valence-electron chi connectivity index (χ2n) is 6.23. The van der Waals surface area contributed by atoms with E-state index < -0.39 is 0 Å². The first-order chi connectivity index (χ1) is 12.6. The van der Waals surface area contributed by atoms with Gasteiger partial charge in [-0.25, -0.2) is 0 Å². The molecule has 140 valence electrons. The Morgan fingerprint density at radius 2 is 1.73 bits per heavy atom. The number of aryl methyl sites for hydroxylation is 1. The van der Waals surface area contributed by atoms with Crippen LogP contribution in [-0.2, 0) is 13.0 Å². The third-order valence-electron chi connectivity index (χ3n) is 4.32. The minimum atomic E-state index is 0.780. The van der Waals surface area contributed by atoms with Crippen LogP contribution in [0, 0.1) is 6.92 Å². The predicted octanol–water partition coefficient (Wildman–Crippen LogP) is 3.26. The molecule has 5 heteroatoms. The van der Waals surface area contributed by atoms with Gasteiger partial charge in [0.15, 0.2) is 5.96 Å². The number of hydrogen-bond donors (Lipinski definition) is 1. The summed E-state index contributed by atoms with van der Waals surface area (Å²) in [6, 6.07) is 14.4. The van der Waals surface area contributed by atoms with Gasteiger partial charge in [0, 0.05) is 27.2 Å². The van der Waals surface area contributed by atoms with E-state index in [1.54, 1.807) is 14.2 Å². The molecule has 0 aromatic heterocycles. The van der Waals surface area contributed by atoms with E-state index in [4.69, 9.17) is 9.47 Å². The highest BCUT2D eigenvalue weighted by molar-refractivity contribution is 5.79. The summed E-state index contributed by atoms with van der Waals surface area (Å²) in [6.07, 6.45) is 0.909. The Bertz CT molecular complexity index is 727. The Morgan fingerprint density at radius 1 is 1.04 bits per heavy atom. The molecule has 26 heavy (non-hydrogen) atoms. The van der Waals surface area contributed by atoms with Crippen LogP contribution in [0.5, 0.6) is 11.5 Å². The molecule has 0 atom stereocenters. The highest BCUT2D eigenvalue weighted by Crippen LogP contribution is 2.19. The predicted molar refractivity (Wildman–Crippen MR) is 107 cm³/mol. The minimum Gasteiger partial charge on any atom is -0.497 e. The lowest BCUT2D eigenvalue weighted by atomic mass is 10.1. The Kier molecular flexibility index (Phi) is 7.33. The number of aliphatic imine (C=N–C) groups is 1. The largest absolute Gasteiger partial charge is 0.497 e. The average molecular weight is 355 g/mol. The fourth-order valence-corrected chi connectivity index (χ4v) is 2.80. The number of hydrogen-bond acceptors (Lipinski definition) is 3. The maximum atomic E-state index is 5.39. The SMILES string of the molecule is CN=C(NCCc1ccc(C)c(OC)c1)N(C)Cc1ccc(OC)cc1. The standard InChI is InChI=1S/C21H29N3O2/c1-16-6-7-17(14-20(16)26-5)12-13-23-21(22-2)24(3)15-18-8-10-19(25-4)11-9-18/h6-11,14H,12-13,15H2,1-5H3,(H,22,23). The van der Waals surface area contributed by atoms with E-state index in [1.807, 2.05) is 26.2 Å². The maximum Gasteiger partial charge on any atom is 0.193 e. The first kappa shape index (κ1) is 19.6. The molecule has 0 fully saturated rings. The molecule has 2 aromatic carbocycles. The van der Waals surface area contributed by atoms with Gasteiger partial charge in [0.1, 0.15) is 11.5 Å². The molecule has 0 radical (unpaired) electrons. The van der Waals surface area contributed by atoms with Crippen LogP contribution >= 0.6 is 0 Å². The monoisotopic (exact) mass is 355 g/mol. The summed E-state index contributed by atoms with van der Waals surface area (Å²) in [5.74, 6) is 2.68. The molecule has 0 bridgehead atoms. The molecule has 1 N–H and O–H groups in total. The number of ether oxygens (including phenoxy) is 2. The van der Waals surface area contributed by atoms with Crippen LogP contribution in [0.25, 0.3) is 0 Å². The molecular formula is C21H29N3O2. The van der Waals surface area contributed by atoms with Crippen molar-refractivity contribution in [2.45, 2.75) is 19.9 Å². The zero-order chi connectivity index (χ0) is 18.9. The lowest BCUT2D eigenvalue weighted by Crippen LogP contribution is -2.39. The third kappa shape index (κ3) is 5.41. The second kappa shape index (κ2) is 9.70. The summed E-state index contributed by atoms with van der Waals surface area (Å²) in [5.41, 5.74) is 3.60. The first-order valence-corrected chi connectivity index (χ1v) is 8.75. The molecule has 0 aliphatic heterocycles. The fraction of sp³-hybridized carbons (Fsp3) is 0.381. The van der Waals surface area contributed by atoms with E-state index in [-0.39, 0.29) is 0 Å². The number of methoxy groups -OCH3 is 2. The number of benzene rings is 2. The van der Waals surface area contributed by atoms with Gasteiger partial charge >= 0.3 is 0 Å². The van der Waals surface area contributed by atoms with Crippen molar-refractivity contribution in [2.75, 3.05) is 34.9 Å². The average Bonchev–Trinajstić information content (AvgIpc) is 2.67. The van der Waals surface area contributed by atoms with Crippen LogP contribution in [0.15, 0.2) is 47.5 Å². The van der Waals surface area contributed by atoms with Gasteiger partial charge in [-0.2, -0.15) is 0 Å². The zero-order valence-electron chi connectivity index (χ0n) is 16.4. The van der Waals surface area contributed by atoms with Gasteiger partial charge in [-0.3, -0.25) is 4.99 Å². The van der Waals surface area contributed by atoms with Gasteiger partial charge in [-0.15, -0.1) is 0 Å². The van der Waals surface area contributed by atoms with Gasteiger partial charge in [-0.1, -0.05) is 24.3 Å². The van der Waals surface area contributed by atoms with Crippen LogP contribution < -0.4 is 14.8 Å². The molecule has 0 spiro atoms. The van der Waals surface area contributed by atoms with Gasteiger partial charge in [0.25, 0.3) is 0 Å². The maximum absolute atomic E-state index is 5.39. The summed E-state index contributed by atoms with van der Waals surface area (Å²) in [5, 5.41) is 3.42. The van der Waals surface area contributed by atoms with Crippen molar-refractivity contribution in [1.29, 1.82) is 0 Å². The van der Waals surface area contributed by atoms with Gasteiger partial charge in [0.2, 0.25) is 0 Å². The van der Waals surface area contributed by atoms with E-state index in [1.165, 1.54) is 11.1 Å². The van der Waals surface area contributed by atoms with Crippen molar-refractivity contribution >= 4 is 5.96 Å². The Labute approximate surface area is 156 Å². The molecule has 0 amide bonds. The number of rotatable bonds is 7. The van der Waals surface area contributed by atoms with Crippen molar-refractivity contribution < 1.29 is 9.47 Å². The van der Waals surface area contributed by atoms with Crippen LogP contribution in [0.4, 0.5) is 0 Å². The van der Waals surface area contributed by atoms with Crippen LogP contribution in [0.1, 0.15) is 16.7 Å². The number of nitrogens with zero attached hydrogens (tertiary/aromatic N) is 2. The Morgan fingerprint density at radius 3 is 2.35 bits per heavy atom. The lowest BCUT2D eigenvalue weighted by Gasteiger charge is -2.22. The lowest BCUT2D eigenvalue weighted by molar-refractivity contribution is 0.411. The molecule has 2 aromatic rings. The zero-order valence-corrected chi connectivity index (χ0v) is 16.4. The molecular weight excluding hydrogens is 326 g/mol. The van der Waals surface area contributed by atoms with E-state index in [2.05, 4.69) is 52.5 Å². The Hall–Kier alpha value is -2.69. The van der Waals surface area contributed by atoms with E-state index in [0.717, 1.165) is 42.5 Å². The summed E-state index contributed by atoms with van der Waals surface area (Å²) in [7, 11) is 7.23. The van der Waals surface area contributed by atoms with Crippen molar-refractivity contribution in [1.82, 2.24) is 10.2 Å². The van der Waals surface area contributed by atoms with Gasteiger partial charge < -0.3 is 19.7 Å². The van der Waals surface area contributed by atoms with Crippen molar-refractivity contribution in [3.63, 3.8) is 0 Å². The topological polar surface area (TPSA) is 46.1 Å². The molecule has 0 heterocycles. The molecule has 0 unspecified atom stereocenters. The van der Waals surface area contributed by atoms with Gasteiger partial charge in [0.05, 0.1) is 14.2 Å². The van der Waals surface area contributed by atoms with E-state index in [0.29, 0.717) is 0 Å². The summed E-state index contributed by atoms with van der Waals surface area (Å²) < 4.78 is 10.6. The number of guanidine groups is 1. The van der Waals surface area contributed by atoms with E-state index >= 15 is 0 Å². The summed E-state index contributed by atoms with van der Waals surface area (Å²) in [4.78, 5) is 6.49. The minimum absolute atomic E-state index is 0.780. The first-order valence-electron chi connectivity index (χ1n) is 8.75. The van der Waals surface area contributed by atoms with Crippen molar-refractivity contribution in [2.24, 2.45) is 4.99 Å². The molecule has 5 nitrogen and oxygen atoms in total. The summed E-state index contributed by atoms with van der Waals surface area (Å²) >= 11 is 0. The number of nitrogens with one attached hydrogen (secondary N) is 1. The fourth-order valence-electron chi connectivity index (χ4n) is 2.80. The van der Waals surface area contributed by atoms with Crippen LogP contribution in [-0.4, -0.2) is 45.7 Å². The highest BCUT2D eigenvalue weighted by Gasteiger charge is 2.07. The smallest absolute Gasteiger partial charge is 0.193 e. The Balaban J connectivity index is 1.88. The highest BCUT2D eigenvalue weighted by atomic mass is 16.5. The molecule has 0 aliphatic carbocycles. The second-order valence-corrected chi connectivity index (χ2v) is 6.23. The molecule has 0 saturated heterocycles. The van der Waals surface area contributed by atoms with Crippen LogP contribution in [0.3, 0.4) is 0 Å². The normalized spacial score (nSPS) is 11.2. The summed E-state index contributed by atoms with van der Waals surface area (Å²) in [6.45, 7) is 3.64. The van der Waals surface area contributed by atoms with Crippen molar-refractivity contribution in [3.05, 3.63) is 59.2 Å². The third-order valence-corrected chi connectivity index (χ3v) is 4.32.